The highest BCUT2D eigenvalue weighted by Crippen LogP contribution is 2.37. The molecule has 2 N–H and O–H groups in total. The molecule has 0 bridgehead atoms. The van der Waals surface area contributed by atoms with Crippen molar-refractivity contribution in [2.45, 2.75) is 13.5 Å². The van der Waals surface area contributed by atoms with E-state index in [1.807, 2.05) is 12.1 Å². The van der Waals surface area contributed by atoms with E-state index in [4.69, 9.17) is 26.0 Å². The van der Waals surface area contributed by atoms with Gasteiger partial charge in [0.2, 0.25) is 0 Å². The van der Waals surface area contributed by atoms with Crippen LogP contribution in [0.5, 0.6) is 11.5 Å². The summed E-state index contributed by atoms with van der Waals surface area (Å²) in [4.78, 5) is 23.2. The lowest BCUT2D eigenvalue weighted by molar-refractivity contribution is 0.0520. The molecule has 10 heteroatoms. The van der Waals surface area contributed by atoms with Crippen molar-refractivity contribution in [1.29, 1.82) is 0 Å². The number of anilines is 2. The Bertz CT molecular complexity index is 995. The Labute approximate surface area is 170 Å². The van der Waals surface area contributed by atoms with Crippen molar-refractivity contribution >= 4 is 50.7 Å². The maximum atomic E-state index is 11.8. The number of thiazole rings is 1. The first-order chi connectivity index (χ1) is 13.6. The largest absolute Gasteiger partial charge is 0.493 e. The molecule has 0 unspecified atom stereocenters. The highest BCUT2D eigenvalue weighted by atomic mass is 35.5. The number of nitrogens with one attached hydrogen (secondary N) is 2. The Balaban J connectivity index is 2.03. The number of esters is 1. The maximum absolute atomic E-state index is 11.8. The predicted octanol–water partition coefficient (Wildman–Crippen LogP) is 3.87. The first-order valence-corrected chi connectivity index (χ1v) is 9.63. The van der Waals surface area contributed by atoms with E-state index in [-0.39, 0.29) is 5.69 Å². The molecule has 2 aromatic heterocycles. The number of methoxy groups -OCH3 is 2. The van der Waals surface area contributed by atoms with Crippen LogP contribution in [0, 0.1) is 0 Å². The van der Waals surface area contributed by atoms with E-state index in [9.17, 15) is 4.79 Å². The number of hydrogen-bond acceptors (Lipinski definition) is 9. The van der Waals surface area contributed by atoms with Crippen molar-refractivity contribution in [3.8, 4) is 11.5 Å². The van der Waals surface area contributed by atoms with Crippen LogP contribution in [-0.4, -0.2) is 36.8 Å². The van der Waals surface area contributed by atoms with Crippen molar-refractivity contribution in [1.82, 2.24) is 14.8 Å². The van der Waals surface area contributed by atoms with Gasteiger partial charge >= 0.3 is 5.97 Å². The molecule has 1 aromatic carbocycles. The lowest BCUT2D eigenvalue weighted by Gasteiger charge is -2.14. The molecule has 3 rings (SSSR count). The molecule has 0 aliphatic rings. The normalized spacial score (nSPS) is 10.7. The molecule has 3 aromatic rings. The van der Waals surface area contributed by atoms with Gasteiger partial charge in [-0.1, -0.05) is 0 Å². The topological polar surface area (TPSA) is 94.6 Å². The predicted molar refractivity (Wildman–Crippen MR) is 109 cm³/mol. The van der Waals surface area contributed by atoms with Gasteiger partial charge in [0, 0.05) is 16.2 Å². The summed E-state index contributed by atoms with van der Waals surface area (Å²) in [6.45, 7) is 2.42. The number of nitrogens with zero attached hydrogens (tertiary/aromatic N) is 2. The molecule has 0 spiro atoms. The number of benzene rings is 1. The Morgan fingerprint density at radius 1 is 1.21 bits per heavy atom. The summed E-state index contributed by atoms with van der Waals surface area (Å²) in [7, 11) is 3.15. The average Bonchev–Trinajstić information content (AvgIpc) is 3.17. The lowest BCUT2D eigenvalue weighted by atomic mass is 10.1. The molecular weight excluding hydrogens is 404 g/mol. The lowest BCUT2D eigenvalue weighted by Crippen LogP contribution is -2.06. The number of carbonyl (C=O) groups is 1. The van der Waals surface area contributed by atoms with Crippen LogP contribution >= 0.6 is 23.1 Å². The highest BCUT2D eigenvalue weighted by Gasteiger charge is 2.16. The van der Waals surface area contributed by atoms with Crippen LogP contribution in [0.15, 0.2) is 23.7 Å². The summed E-state index contributed by atoms with van der Waals surface area (Å²) in [6, 6.07) is 3.71. The molecule has 0 saturated heterocycles. The second kappa shape index (κ2) is 9.05. The molecule has 0 aliphatic carbocycles. The van der Waals surface area contributed by atoms with Gasteiger partial charge in [0.1, 0.15) is 0 Å². The fourth-order valence-corrected chi connectivity index (χ4v) is 3.49. The molecular formula is C18H19ClN4O4S. The minimum Gasteiger partial charge on any atom is -0.493 e. The molecule has 0 fully saturated rings. The zero-order chi connectivity index (χ0) is 20.1. The van der Waals surface area contributed by atoms with Crippen LogP contribution in [0.3, 0.4) is 0 Å². The van der Waals surface area contributed by atoms with Crippen molar-refractivity contribution in [2.75, 3.05) is 26.1 Å². The molecule has 0 amide bonds. The third kappa shape index (κ3) is 4.11. The minimum atomic E-state index is -0.454. The van der Waals surface area contributed by atoms with Crippen molar-refractivity contribution in [3.63, 3.8) is 0 Å². The van der Waals surface area contributed by atoms with Crippen molar-refractivity contribution < 1.29 is 19.0 Å². The van der Waals surface area contributed by atoms with E-state index in [0.29, 0.717) is 35.5 Å². The van der Waals surface area contributed by atoms with Crippen LogP contribution in [0.1, 0.15) is 23.1 Å². The van der Waals surface area contributed by atoms with E-state index in [0.717, 1.165) is 16.5 Å². The number of halogens is 1. The minimum absolute atomic E-state index is 0.258. The van der Waals surface area contributed by atoms with Crippen LogP contribution in [0.2, 0.25) is 0 Å². The summed E-state index contributed by atoms with van der Waals surface area (Å²) < 4.78 is 15.8. The van der Waals surface area contributed by atoms with E-state index in [1.165, 1.54) is 11.3 Å². The number of rotatable bonds is 8. The van der Waals surface area contributed by atoms with Gasteiger partial charge in [0.25, 0.3) is 0 Å². The summed E-state index contributed by atoms with van der Waals surface area (Å²) in [6.07, 6.45) is 1.68. The average molecular weight is 423 g/mol. The first-order valence-electron chi connectivity index (χ1n) is 8.38. The molecule has 28 heavy (non-hydrogen) atoms. The van der Waals surface area contributed by atoms with Gasteiger partial charge in [-0.3, -0.25) is 4.98 Å². The second-order valence-corrected chi connectivity index (χ2v) is 6.69. The third-order valence-electron chi connectivity index (χ3n) is 3.94. The van der Waals surface area contributed by atoms with E-state index in [1.54, 1.807) is 32.7 Å². The quantitative estimate of drug-likeness (QED) is 0.417. The van der Waals surface area contributed by atoms with Gasteiger partial charge in [-0.05, 0) is 30.8 Å². The zero-order valence-corrected chi connectivity index (χ0v) is 17.1. The fraction of sp³-hybridized carbons (Fsp3) is 0.278. The monoisotopic (exact) mass is 422 g/mol. The number of pyridine rings is 1. The molecule has 148 valence electrons. The number of aromatic nitrogens is 2. The molecule has 8 nitrogen and oxygen atoms in total. The summed E-state index contributed by atoms with van der Waals surface area (Å²) in [5, 5.41) is 7.09. The Morgan fingerprint density at radius 3 is 2.57 bits per heavy atom. The number of fused-ring (bicyclic) bond motifs is 1. The van der Waals surface area contributed by atoms with Crippen molar-refractivity contribution in [2.24, 2.45) is 0 Å². The zero-order valence-electron chi connectivity index (χ0n) is 15.5. The van der Waals surface area contributed by atoms with E-state index < -0.39 is 5.97 Å². The van der Waals surface area contributed by atoms with Gasteiger partial charge in [-0.15, -0.1) is 11.3 Å². The van der Waals surface area contributed by atoms with Crippen molar-refractivity contribution in [3.05, 3.63) is 35.1 Å². The van der Waals surface area contributed by atoms with Crippen LogP contribution in [-0.2, 0) is 11.3 Å². The molecule has 0 saturated carbocycles. The van der Waals surface area contributed by atoms with Gasteiger partial charge in [0.05, 0.1) is 44.9 Å². The number of ether oxygens (including phenoxy) is 3. The van der Waals surface area contributed by atoms with Gasteiger partial charge in [0.15, 0.2) is 22.3 Å². The van der Waals surface area contributed by atoms with Crippen LogP contribution < -0.4 is 19.6 Å². The molecule has 0 radical (unpaired) electrons. The Kier molecular flexibility index (Phi) is 6.50. The van der Waals surface area contributed by atoms with E-state index >= 15 is 0 Å². The van der Waals surface area contributed by atoms with E-state index in [2.05, 4.69) is 20.1 Å². The first kappa shape index (κ1) is 20.1. The highest BCUT2D eigenvalue weighted by molar-refractivity contribution is 7.14. The summed E-state index contributed by atoms with van der Waals surface area (Å²) in [5.41, 5.74) is 1.72. The Morgan fingerprint density at radius 2 is 1.93 bits per heavy atom. The SMILES string of the molecule is CCOC(=O)c1csc(Nc2cnc(CNCl)c3cc(OC)c(OC)cc23)n1. The smallest absolute Gasteiger partial charge is 0.357 e. The number of carbonyl (C=O) groups excluding carboxylic acids is 1. The molecule has 2 heterocycles. The summed E-state index contributed by atoms with van der Waals surface area (Å²) in [5.74, 6) is 0.716. The summed E-state index contributed by atoms with van der Waals surface area (Å²) >= 11 is 6.98. The molecule has 0 aliphatic heterocycles. The third-order valence-corrected chi connectivity index (χ3v) is 4.83. The van der Waals surface area contributed by atoms with Crippen LogP contribution in [0.4, 0.5) is 10.8 Å². The van der Waals surface area contributed by atoms with Gasteiger partial charge in [-0.2, -0.15) is 0 Å². The van der Waals surface area contributed by atoms with Gasteiger partial charge < -0.3 is 19.5 Å². The number of hydrogen-bond donors (Lipinski definition) is 2. The Hall–Kier alpha value is -2.62. The maximum Gasteiger partial charge on any atom is 0.357 e. The molecule has 0 atom stereocenters. The fourth-order valence-electron chi connectivity index (χ4n) is 2.67. The second-order valence-electron chi connectivity index (χ2n) is 5.57. The standard InChI is InChI=1S/C18H19ClN4O4S/c1-4-27-17(24)14-9-28-18(23-14)22-13-7-20-12(8-21-19)10-5-15(25-2)16(26-3)6-11(10)13/h5-7,9,21H,4,8H2,1-3H3,(H,22,23). The van der Waals surface area contributed by atoms with Crippen LogP contribution in [0.25, 0.3) is 10.8 Å². The van der Waals surface area contributed by atoms with Gasteiger partial charge in [-0.25, -0.2) is 14.6 Å².